The number of rotatable bonds is 26. The summed E-state index contributed by atoms with van der Waals surface area (Å²) < 4.78 is 22.8. The molecular formula is C28H59N2O6P. The molecule has 0 rings (SSSR count). The Labute approximate surface area is 228 Å². The van der Waals surface area contributed by atoms with Crippen LogP contribution in [0.15, 0.2) is 0 Å². The summed E-state index contributed by atoms with van der Waals surface area (Å²) in [6.07, 6.45) is 17.1. The molecular weight excluding hydrogens is 491 g/mol. The Morgan fingerprint density at radius 3 is 1.84 bits per heavy atom. The highest BCUT2D eigenvalue weighted by Crippen LogP contribution is 2.38. The van der Waals surface area contributed by atoms with E-state index in [-0.39, 0.29) is 19.1 Å². The van der Waals surface area contributed by atoms with E-state index >= 15 is 0 Å². The molecule has 0 saturated heterocycles. The summed E-state index contributed by atoms with van der Waals surface area (Å²) in [7, 11) is 1.30. The van der Waals surface area contributed by atoms with Crippen LogP contribution in [0.3, 0.4) is 0 Å². The van der Waals surface area contributed by atoms with Gasteiger partial charge in [-0.2, -0.15) is 0 Å². The molecule has 222 valence electrons. The Hall–Kier alpha value is -0.500. The molecule has 0 saturated carbocycles. The molecule has 0 heterocycles. The molecule has 0 aliphatic heterocycles. The average Bonchev–Trinajstić information content (AvgIpc) is 2.81. The number of phosphoric ester groups is 1. The molecule has 2 N–H and O–H groups in total. The van der Waals surface area contributed by atoms with Crippen LogP contribution in [0.4, 0.5) is 0 Å². The number of unbranched alkanes of at least 4 members (excludes halogenated alkanes) is 13. The van der Waals surface area contributed by atoms with E-state index in [1.54, 1.807) is 0 Å². The first-order valence-corrected chi connectivity index (χ1v) is 16.3. The van der Waals surface area contributed by atoms with Crippen molar-refractivity contribution < 1.29 is 32.9 Å². The predicted octanol–water partition coefficient (Wildman–Crippen LogP) is 5.71. The molecule has 0 fully saturated rings. The first-order chi connectivity index (χ1) is 17.5. The van der Waals surface area contributed by atoms with Crippen LogP contribution in [0.2, 0.25) is 0 Å². The molecule has 9 heteroatoms. The lowest BCUT2D eigenvalue weighted by Gasteiger charge is -2.30. The third-order valence-electron chi connectivity index (χ3n) is 6.60. The molecule has 0 aliphatic rings. The lowest BCUT2D eigenvalue weighted by molar-refractivity contribution is -0.870. The largest absolute Gasteiger partial charge is 0.756 e. The molecule has 0 spiro atoms. The van der Waals surface area contributed by atoms with E-state index in [1.807, 2.05) is 21.1 Å². The maximum atomic E-state index is 12.6. The molecule has 3 unspecified atom stereocenters. The van der Waals surface area contributed by atoms with Crippen LogP contribution >= 0.6 is 7.82 Å². The third kappa shape index (κ3) is 24.3. The van der Waals surface area contributed by atoms with E-state index in [1.165, 1.54) is 44.9 Å². The summed E-state index contributed by atoms with van der Waals surface area (Å²) in [6, 6.07) is -0.786. The van der Waals surface area contributed by atoms with Gasteiger partial charge >= 0.3 is 0 Å². The molecule has 1 amide bonds. The number of likely N-dealkylation sites (N-methyl/N-ethyl adjacent to an activating group) is 1. The summed E-state index contributed by atoms with van der Waals surface area (Å²) in [5, 5.41) is 13.5. The Morgan fingerprint density at radius 1 is 0.838 bits per heavy atom. The van der Waals surface area contributed by atoms with Gasteiger partial charge in [0.2, 0.25) is 5.91 Å². The van der Waals surface area contributed by atoms with Crippen molar-refractivity contribution in [3.63, 3.8) is 0 Å². The number of nitrogens with one attached hydrogen (secondary N) is 1. The second kappa shape index (κ2) is 22.3. The Morgan fingerprint density at radius 2 is 1.32 bits per heavy atom. The standard InChI is InChI=1S/C28H59N2O6P/c1-6-8-10-12-13-14-15-16-18-20-22-28(32)29-26(27(31)21-19-17-11-9-7-2)25-36-37(33,34)35-24-23-30(3,4)5/h26-27,31H,6-25H2,1-5H3,(H-,29,32,33,34). The van der Waals surface area contributed by atoms with E-state index in [2.05, 4.69) is 19.2 Å². The first kappa shape index (κ1) is 36.5. The molecule has 0 aromatic heterocycles. The number of aliphatic hydroxyl groups is 1. The maximum absolute atomic E-state index is 12.6. The summed E-state index contributed by atoms with van der Waals surface area (Å²) >= 11 is 0. The SMILES string of the molecule is CCCCCCCCCCCCC(=O)NC(COP(=O)([O-])OCC[N+](C)(C)C)C(O)CCCCCCC. The van der Waals surface area contributed by atoms with Crippen molar-refractivity contribution in [2.75, 3.05) is 40.9 Å². The van der Waals surface area contributed by atoms with Gasteiger partial charge in [-0.1, -0.05) is 104 Å². The second-order valence-corrected chi connectivity index (χ2v) is 12.9. The smallest absolute Gasteiger partial charge is 0.268 e. The lowest BCUT2D eigenvalue weighted by atomic mass is 10.0. The fourth-order valence-corrected chi connectivity index (χ4v) is 4.82. The topological polar surface area (TPSA) is 108 Å². The molecule has 37 heavy (non-hydrogen) atoms. The van der Waals surface area contributed by atoms with Crippen molar-refractivity contribution in [2.45, 2.75) is 135 Å². The van der Waals surface area contributed by atoms with Gasteiger partial charge in [-0.05, 0) is 12.8 Å². The number of quaternary nitrogens is 1. The van der Waals surface area contributed by atoms with Crippen molar-refractivity contribution in [3.05, 3.63) is 0 Å². The highest BCUT2D eigenvalue weighted by Gasteiger charge is 2.24. The van der Waals surface area contributed by atoms with Gasteiger partial charge in [0.15, 0.2) is 0 Å². The summed E-state index contributed by atoms with van der Waals surface area (Å²) in [5.41, 5.74) is 0. The number of aliphatic hydroxyl groups excluding tert-OH is 1. The number of carbonyl (C=O) groups excluding carboxylic acids is 1. The van der Waals surface area contributed by atoms with Crippen LogP contribution in [0, 0.1) is 0 Å². The number of hydrogen-bond acceptors (Lipinski definition) is 6. The van der Waals surface area contributed by atoms with E-state index < -0.39 is 20.0 Å². The fourth-order valence-electron chi connectivity index (χ4n) is 4.09. The minimum Gasteiger partial charge on any atom is -0.756 e. The average molecular weight is 551 g/mol. The molecule has 3 atom stereocenters. The molecule has 0 aromatic carbocycles. The molecule has 0 aromatic rings. The number of phosphoric acid groups is 1. The zero-order chi connectivity index (χ0) is 28.0. The zero-order valence-corrected chi connectivity index (χ0v) is 25.6. The minimum atomic E-state index is -4.52. The quantitative estimate of drug-likeness (QED) is 0.0811. The third-order valence-corrected chi connectivity index (χ3v) is 7.56. The van der Waals surface area contributed by atoms with Crippen LogP contribution in [-0.4, -0.2) is 68.5 Å². The first-order valence-electron chi connectivity index (χ1n) is 14.9. The maximum Gasteiger partial charge on any atom is 0.268 e. The monoisotopic (exact) mass is 550 g/mol. The van der Waals surface area contributed by atoms with E-state index in [4.69, 9.17) is 9.05 Å². The van der Waals surface area contributed by atoms with E-state index in [9.17, 15) is 19.4 Å². The Bertz CT molecular complexity index is 600. The van der Waals surface area contributed by atoms with Crippen LogP contribution in [0.5, 0.6) is 0 Å². The van der Waals surface area contributed by atoms with Crippen molar-refractivity contribution >= 4 is 13.7 Å². The number of amides is 1. The van der Waals surface area contributed by atoms with Gasteiger partial charge in [0.25, 0.3) is 7.82 Å². The Kier molecular flexibility index (Phi) is 22.0. The van der Waals surface area contributed by atoms with Crippen molar-refractivity contribution in [1.29, 1.82) is 0 Å². The van der Waals surface area contributed by atoms with Gasteiger partial charge in [0, 0.05) is 6.42 Å². The predicted molar refractivity (Wildman–Crippen MR) is 150 cm³/mol. The summed E-state index contributed by atoms with van der Waals surface area (Å²) in [5.74, 6) is -0.176. The van der Waals surface area contributed by atoms with Crippen molar-refractivity contribution in [1.82, 2.24) is 5.32 Å². The minimum absolute atomic E-state index is 0.0139. The van der Waals surface area contributed by atoms with E-state index in [0.717, 1.165) is 51.4 Å². The van der Waals surface area contributed by atoms with Crippen molar-refractivity contribution in [2.24, 2.45) is 0 Å². The van der Waals surface area contributed by atoms with Gasteiger partial charge in [-0.15, -0.1) is 0 Å². The van der Waals surface area contributed by atoms with Crippen molar-refractivity contribution in [3.8, 4) is 0 Å². The lowest BCUT2D eigenvalue weighted by Crippen LogP contribution is -2.46. The summed E-state index contributed by atoms with van der Waals surface area (Å²) in [4.78, 5) is 24.8. The number of nitrogens with zero attached hydrogens (tertiary/aromatic N) is 1. The summed E-state index contributed by atoms with van der Waals surface area (Å²) in [6.45, 7) is 4.57. The zero-order valence-electron chi connectivity index (χ0n) is 24.7. The normalized spacial score (nSPS) is 15.3. The van der Waals surface area contributed by atoms with Gasteiger partial charge in [-0.3, -0.25) is 9.36 Å². The second-order valence-electron chi connectivity index (χ2n) is 11.5. The molecule has 0 bridgehead atoms. The highest BCUT2D eigenvalue weighted by molar-refractivity contribution is 7.45. The van der Waals surface area contributed by atoms with Gasteiger partial charge in [0.05, 0.1) is 39.9 Å². The highest BCUT2D eigenvalue weighted by atomic mass is 31.2. The molecule has 8 nitrogen and oxygen atoms in total. The van der Waals surface area contributed by atoms with Gasteiger partial charge < -0.3 is 28.8 Å². The Balaban J connectivity index is 4.51. The van der Waals surface area contributed by atoms with Gasteiger partial charge in [0.1, 0.15) is 13.2 Å². The van der Waals surface area contributed by atoms with Gasteiger partial charge in [-0.25, -0.2) is 0 Å². The fraction of sp³-hybridized carbons (Fsp3) is 0.964. The number of carbonyl (C=O) groups is 1. The molecule has 0 radical (unpaired) electrons. The van der Waals surface area contributed by atoms with Crippen LogP contribution in [-0.2, 0) is 18.4 Å². The number of hydrogen-bond donors (Lipinski definition) is 2. The van der Waals surface area contributed by atoms with E-state index in [0.29, 0.717) is 23.9 Å². The van der Waals surface area contributed by atoms with Crippen LogP contribution < -0.4 is 10.2 Å². The molecule has 0 aliphatic carbocycles. The van der Waals surface area contributed by atoms with Crippen LogP contribution in [0.25, 0.3) is 0 Å². The van der Waals surface area contributed by atoms with Crippen LogP contribution in [0.1, 0.15) is 123 Å².